The SMILES string of the molecule is CC(F)(F)Cn1cc2c(NCc3cc4cnccc4[nH]3)ncnc2n1. The summed E-state index contributed by atoms with van der Waals surface area (Å²) >= 11 is 0. The van der Waals surface area contributed by atoms with Crippen molar-refractivity contribution in [1.29, 1.82) is 0 Å². The molecule has 2 N–H and O–H groups in total. The molecular weight excluding hydrogens is 328 g/mol. The Morgan fingerprint density at radius 3 is 3.00 bits per heavy atom. The van der Waals surface area contributed by atoms with Crippen LogP contribution in [0.4, 0.5) is 14.6 Å². The molecule has 0 amide bonds. The van der Waals surface area contributed by atoms with Gasteiger partial charge in [-0.1, -0.05) is 0 Å². The van der Waals surface area contributed by atoms with Crippen molar-refractivity contribution in [2.24, 2.45) is 0 Å². The number of aromatic nitrogens is 6. The van der Waals surface area contributed by atoms with Crippen LogP contribution in [0.2, 0.25) is 0 Å². The number of fused-ring (bicyclic) bond motifs is 2. The first-order chi connectivity index (χ1) is 12.0. The van der Waals surface area contributed by atoms with E-state index < -0.39 is 12.5 Å². The monoisotopic (exact) mass is 343 g/mol. The summed E-state index contributed by atoms with van der Waals surface area (Å²) in [5.41, 5.74) is 2.34. The molecule has 0 aromatic carbocycles. The first-order valence-electron chi connectivity index (χ1n) is 7.69. The fourth-order valence-electron chi connectivity index (χ4n) is 2.70. The average Bonchev–Trinajstić information content (AvgIpc) is 3.13. The topological polar surface area (TPSA) is 84.3 Å². The summed E-state index contributed by atoms with van der Waals surface area (Å²) in [5.74, 6) is -2.30. The molecule has 0 saturated carbocycles. The van der Waals surface area contributed by atoms with E-state index in [1.54, 1.807) is 12.4 Å². The third-order valence-corrected chi connectivity index (χ3v) is 3.73. The summed E-state index contributed by atoms with van der Waals surface area (Å²) in [5, 5.41) is 8.90. The standard InChI is InChI=1S/C16H15F2N7/c1-16(17,18)8-25-7-12-14(21-9-22-15(12)24-25)20-6-11-4-10-5-19-3-2-13(10)23-11/h2-5,7,9,23H,6,8H2,1H3,(H,20,21,22,24). The first-order valence-corrected chi connectivity index (χ1v) is 7.69. The minimum absolute atomic E-state index is 0.377. The van der Waals surface area contributed by atoms with E-state index in [-0.39, 0.29) is 0 Å². The minimum Gasteiger partial charge on any atom is -0.364 e. The highest BCUT2D eigenvalue weighted by Crippen LogP contribution is 2.22. The van der Waals surface area contributed by atoms with Crippen LogP contribution in [0.5, 0.6) is 0 Å². The molecule has 0 fully saturated rings. The molecule has 7 nitrogen and oxygen atoms in total. The number of nitrogens with one attached hydrogen (secondary N) is 2. The van der Waals surface area contributed by atoms with Gasteiger partial charge in [-0.2, -0.15) is 5.10 Å². The lowest BCUT2D eigenvalue weighted by molar-refractivity contribution is 0.000776. The minimum atomic E-state index is -2.85. The number of hydrogen-bond acceptors (Lipinski definition) is 5. The second-order valence-electron chi connectivity index (χ2n) is 5.97. The lowest BCUT2D eigenvalue weighted by Gasteiger charge is -2.08. The van der Waals surface area contributed by atoms with Gasteiger partial charge < -0.3 is 10.3 Å². The van der Waals surface area contributed by atoms with Crippen molar-refractivity contribution in [1.82, 2.24) is 29.7 Å². The Kier molecular flexibility index (Phi) is 3.56. The van der Waals surface area contributed by atoms with Crippen molar-refractivity contribution in [2.45, 2.75) is 25.9 Å². The van der Waals surface area contributed by atoms with Crippen molar-refractivity contribution in [3.05, 3.63) is 42.7 Å². The summed E-state index contributed by atoms with van der Waals surface area (Å²) in [4.78, 5) is 15.6. The molecule has 9 heteroatoms. The van der Waals surface area contributed by atoms with Gasteiger partial charge in [0.25, 0.3) is 5.92 Å². The highest BCUT2D eigenvalue weighted by molar-refractivity contribution is 5.85. The molecular formula is C16H15F2N7. The molecule has 4 heterocycles. The van der Waals surface area contributed by atoms with Crippen LogP contribution < -0.4 is 5.32 Å². The van der Waals surface area contributed by atoms with Crippen molar-refractivity contribution in [3.63, 3.8) is 0 Å². The van der Waals surface area contributed by atoms with E-state index in [1.165, 1.54) is 17.2 Å². The van der Waals surface area contributed by atoms with E-state index in [0.29, 0.717) is 23.4 Å². The lowest BCUT2D eigenvalue weighted by atomic mass is 10.3. The Morgan fingerprint density at radius 2 is 2.20 bits per heavy atom. The van der Waals surface area contributed by atoms with Crippen molar-refractivity contribution < 1.29 is 8.78 Å². The fourth-order valence-corrected chi connectivity index (χ4v) is 2.70. The summed E-state index contributed by atoms with van der Waals surface area (Å²) in [7, 11) is 0. The van der Waals surface area contributed by atoms with Gasteiger partial charge in [-0.05, 0) is 12.1 Å². The molecule has 0 spiro atoms. The summed E-state index contributed by atoms with van der Waals surface area (Å²) < 4.78 is 27.6. The van der Waals surface area contributed by atoms with E-state index in [0.717, 1.165) is 23.5 Å². The van der Waals surface area contributed by atoms with Gasteiger partial charge in [0.2, 0.25) is 0 Å². The van der Waals surface area contributed by atoms with Crippen LogP contribution in [0.1, 0.15) is 12.6 Å². The molecule has 4 aromatic heterocycles. The largest absolute Gasteiger partial charge is 0.364 e. The Balaban J connectivity index is 1.58. The highest BCUT2D eigenvalue weighted by Gasteiger charge is 2.23. The molecule has 128 valence electrons. The Morgan fingerprint density at radius 1 is 1.32 bits per heavy atom. The summed E-state index contributed by atoms with van der Waals surface area (Å²) in [6, 6.07) is 3.89. The van der Waals surface area contributed by atoms with Crippen LogP contribution in [-0.4, -0.2) is 35.6 Å². The third kappa shape index (κ3) is 3.25. The van der Waals surface area contributed by atoms with Crippen LogP contribution >= 0.6 is 0 Å². The maximum Gasteiger partial charge on any atom is 0.264 e. The molecule has 0 aliphatic carbocycles. The molecule has 4 rings (SSSR count). The number of nitrogens with zero attached hydrogens (tertiary/aromatic N) is 5. The third-order valence-electron chi connectivity index (χ3n) is 3.73. The Labute approximate surface area is 141 Å². The van der Waals surface area contributed by atoms with Gasteiger partial charge in [-0.15, -0.1) is 0 Å². The van der Waals surface area contributed by atoms with Crippen LogP contribution in [0, 0.1) is 0 Å². The van der Waals surface area contributed by atoms with E-state index in [9.17, 15) is 8.78 Å². The lowest BCUT2D eigenvalue weighted by Crippen LogP contribution is -2.19. The van der Waals surface area contributed by atoms with E-state index >= 15 is 0 Å². The van der Waals surface area contributed by atoms with Gasteiger partial charge in [0.1, 0.15) is 18.7 Å². The quantitative estimate of drug-likeness (QED) is 0.582. The Hall–Kier alpha value is -3.10. The number of aromatic amines is 1. The maximum absolute atomic E-state index is 13.2. The number of hydrogen-bond donors (Lipinski definition) is 2. The van der Waals surface area contributed by atoms with Crippen LogP contribution in [0.15, 0.2) is 37.1 Å². The van der Waals surface area contributed by atoms with Crippen molar-refractivity contribution in [3.8, 4) is 0 Å². The molecule has 4 aromatic rings. The number of rotatable bonds is 5. The average molecular weight is 343 g/mol. The number of alkyl halides is 2. The van der Waals surface area contributed by atoms with Gasteiger partial charge in [-0.25, -0.2) is 18.7 Å². The van der Waals surface area contributed by atoms with Gasteiger partial charge in [-0.3, -0.25) is 9.67 Å². The molecule has 0 atom stereocenters. The molecule has 0 aliphatic heterocycles. The molecule has 0 unspecified atom stereocenters. The first kappa shape index (κ1) is 15.4. The van der Waals surface area contributed by atoms with Gasteiger partial charge >= 0.3 is 0 Å². The van der Waals surface area contributed by atoms with E-state index in [4.69, 9.17) is 0 Å². The van der Waals surface area contributed by atoms with Crippen LogP contribution in [0.25, 0.3) is 21.9 Å². The van der Waals surface area contributed by atoms with Crippen LogP contribution in [-0.2, 0) is 13.1 Å². The predicted molar refractivity (Wildman–Crippen MR) is 89.4 cm³/mol. The van der Waals surface area contributed by atoms with Gasteiger partial charge in [0.15, 0.2) is 5.65 Å². The molecule has 0 radical (unpaired) electrons. The molecule has 0 bridgehead atoms. The maximum atomic E-state index is 13.2. The molecule has 0 aliphatic rings. The second-order valence-corrected chi connectivity index (χ2v) is 5.97. The smallest absolute Gasteiger partial charge is 0.264 e. The number of pyridine rings is 1. The number of H-pyrrole nitrogens is 1. The summed E-state index contributed by atoms with van der Waals surface area (Å²) in [6.45, 7) is 0.850. The van der Waals surface area contributed by atoms with Crippen LogP contribution in [0.3, 0.4) is 0 Å². The van der Waals surface area contributed by atoms with Crippen molar-refractivity contribution >= 4 is 27.8 Å². The number of halogens is 2. The van der Waals surface area contributed by atoms with Crippen molar-refractivity contribution in [2.75, 3.05) is 5.32 Å². The molecule has 0 saturated heterocycles. The highest BCUT2D eigenvalue weighted by atomic mass is 19.3. The number of anilines is 1. The zero-order valence-corrected chi connectivity index (χ0v) is 13.4. The second kappa shape index (κ2) is 5.76. The van der Waals surface area contributed by atoms with Gasteiger partial charge in [0.05, 0.1) is 11.9 Å². The van der Waals surface area contributed by atoms with Gasteiger partial charge in [0, 0.05) is 42.1 Å². The van der Waals surface area contributed by atoms with E-state index in [1.807, 2.05) is 12.1 Å². The fraction of sp³-hybridized carbons (Fsp3) is 0.250. The normalized spacial score (nSPS) is 12.1. The zero-order chi connectivity index (χ0) is 17.4. The summed E-state index contributed by atoms with van der Waals surface area (Å²) in [6.07, 6.45) is 6.40. The Bertz CT molecular complexity index is 999. The predicted octanol–water partition coefficient (Wildman–Crippen LogP) is 2.97. The molecule has 25 heavy (non-hydrogen) atoms. The zero-order valence-electron chi connectivity index (χ0n) is 13.4. The van der Waals surface area contributed by atoms with E-state index in [2.05, 4.69) is 30.4 Å².